The zero-order valence-electron chi connectivity index (χ0n) is 11.6. The minimum absolute atomic E-state index is 0.0145. The fourth-order valence-corrected chi connectivity index (χ4v) is 3.60. The van der Waals surface area contributed by atoms with Crippen molar-refractivity contribution >= 4 is 28.4 Å². The molecule has 1 aliphatic heterocycles. The predicted octanol–water partition coefficient (Wildman–Crippen LogP) is 1.87. The van der Waals surface area contributed by atoms with Gasteiger partial charge in [0.1, 0.15) is 0 Å². The van der Waals surface area contributed by atoms with E-state index in [1.165, 1.54) is 0 Å². The van der Waals surface area contributed by atoms with Gasteiger partial charge in [-0.25, -0.2) is 0 Å². The second-order valence-electron chi connectivity index (χ2n) is 5.00. The van der Waals surface area contributed by atoms with Gasteiger partial charge in [0.15, 0.2) is 5.78 Å². The van der Waals surface area contributed by atoms with E-state index in [1.807, 2.05) is 28.6 Å². The Bertz CT molecular complexity index is 617. The lowest BCUT2D eigenvalue weighted by Gasteiger charge is -2.21. The highest BCUT2D eigenvalue weighted by atomic mass is 32.2. The molecule has 1 aliphatic rings. The molecule has 3 rings (SSSR count). The second kappa shape index (κ2) is 5.97. The maximum absolute atomic E-state index is 12.4. The van der Waals surface area contributed by atoms with Crippen LogP contribution in [0.3, 0.4) is 0 Å². The fraction of sp³-hybridized carbons (Fsp3) is 0.467. The highest BCUT2D eigenvalue weighted by molar-refractivity contribution is 7.99. The van der Waals surface area contributed by atoms with E-state index in [-0.39, 0.29) is 11.8 Å². The molecule has 2 heterocycles. The quantitative estimate of drug-likeness (QED) is 0.933. The number of ketones is 1. The van der Waals surface area contributed by atoms with Crippen molar-refractivity contribution in [3.05, 3.63) is 30.0 Å². The number of para-hydroxylation sites is 1. The molecule has 5 heteroatoms. The molecule has 1 N–H and O–H groups in total. The number of nitrogens with one attached hydrogen (secondary N) is 1. The maximum Gasteiger partial charge on any atom is 0.156 e. The topological polar surface area (TPSA) is 46.9 Å². The Morgan fingerprint density at radius 1 is 1.50 bits per heavy atom. The van der Waals surface area contributed by atoms with E-state index in [2.05, 4.69) is 29.5 Å². The van der Waals surface area contributed by atoms with Gasteiger partial charge in [0.05, 0.1) is 23.7 Å². The molecule has 1 unspecified atom stereocenters. The molecule has 106 valence electrons. The van der Waals surface area contributed by atoms with Gasteiger partial charge in [-0.2, -0.15) is 16.9 Å². The number of aryl methyl sites for hydroxylation is 1. The molecular formula is C15H19N3OS. The summed E-state index contributed by atoms with van der Waals surface area (Å²) in [6.45, 7) is 3.82. The van der Waals surface area contributed by atoms with Crippen molar-refractivity contribution in [2.75, 3.05) is 18.1 Å². The summed E-state index contributed by atoms with van der Waals surface area (Å²) in [4.78, 5) is 12.4. The van der Waals surface area contributed by atoms with Crippen LogP contribution in [0.25, 0.3) is 10.9 Å². The minimum atomic E-state index is -0.0145. The van der Waals surface area contributed by atoms with E-state index in [0.29, 0.717) is 6.42 Å². The number of hydrogen-bond donors (Lipinski definition) is 1. The van der Waals surface area contributed by atoms with Crippen LogP contribution in [0.4, 0.5) is 0 Å². The summed E-state index contributed by atoms with van der Waals surface area (Å²) in [5.74, 6) is 2.23. The predicted molar refractivity (Wildman–Crippen MR) is 83.2 cm³/mol. The van der Waals surface area contributed by atoms with Crippen LogP contribution in [0, 0.1) is 0 Å². The van der Waals surface area contributed by atoms with Crippen molar-refractivity contribution < 1.29 is 4.79 Å². The van der Waals surface area contributed by atoms with E-state index in [9.17, 15) is 4.79 Å². The van der Waals surface area contributed by atoms with E-state index in [4.69, 9.17) is 0 Å². The molecule has 0 saturated carbocycles. The number of thioether (sulfide) groups is 1. The van der Waals surface area contributed by atoms with Gasteiger partial charge < -0.3 is 5.32 Å². The number of aromatic nitrogens is 2. The number of nitrogens with zero attached hydrogens (tertiary/aromatic N) is 2. The molecule has 4 nitrogen and oxygen atoms in total. The SMILES string of the molecule is CCn1nc(CC(=O)C2CSCCN2)c2ccccc21. The van der Waals surface area contributed by atoms with Crippen molar-refractivity contribution in [2.45, 2.75) is 25.9 Å². The Morgan fingerprint density at radius 2 is 2.35 bits per heavy atom. The molecule has 1 aromatic carbocycles. The van der Waals surface area contributed by atoms with Crippen LogP contribution in [-0.2, 0) is 17.8 Å². The van der Waals surface area contributed by atoms with Gasteiger partial charge in [-0.1, -0.05) is 18.2 Å². The first-order valence-corrected chi connectivity index (χ1v) is 8.23. The van der Waals surface area contributed by atoms with Crippen LogP contribution in [0.15, 0.2) is 24.3 Å². The lowest BCUT2D eigenvalue weighted by molar-refractivity contribution is -0.120. The van der Waals surface area contributed by atoms with Gasteiger partial charge >= 0.3 is 0 Å². The van der Waals surface area contributed by atoms with Crippen LogP contribution in [-0.4, -0.2) is 39.7 Å². The first-order chi connectivity index (χ1) is 9.79. The lowest BCUT2D eigenvalue weighted by atomic mass is 10.1. The van der Waals surface area contributed by atoms with Gasteiger partial charge in [0.25, 0.3) is 0 Å². The Morgan fingerprint density at radius 3 is 3.10 bits per heavy atom. The highest BCUT2D eigenvalue weighted by Gasteiger charge is 2.22. The first kappa shape index (κ1) is 13.6. The van der Waals surface area contributed by atoms with Gasteiger partial charge in [-0.15, -0.1) is 0 Å². The number of hydrogen-bond acceptors (Lipinski definition) is 4. The lowest BCUT2D eigenvalue weighted by Crippen LogP contribution is -2.44. The van der Waals surface area contributed by atoms with Crippen LogP contribution in [0.2, 0.25) is 0 Å². The van der Waals surface area contributed by atoms with Gasteiger partial charge in [-0.05, 0) is 13.0 Å². The summed E-state index contributed by atoms with van der Waals surface area (Å²) in [6.07, 6.45) is 0.422. The molecule has 0 aliphatic carbocycles. The summed E-state index contributed by atoms with van der Waals surface area (Å²) in [6, 6.07) is 8.13. The molecule has 2 aromatic rings. The number of Topliss-reactive ketones (excluding diaryl/α,β-unsaturated/α-hetero) is 1. The van der Waals surface area contributed by atoms with Crippen molar-refractivity contribution in [1.82, 2.24) is 15.1 Å². The van der Waals surface area contributed by atoms with Crippen molar-refractivity contribution in [2.24, 2.45) is 0 Å². The van der Waals surface area contributed by atoms with E-state index < -0.39 is 0 Å². The van der Waals surface area contributed by atoms with E-state index >= 15 is 0 Å². The summed E-state index contributed by atoms with van der Waals surface area (Å²) >= 11 is 1.85. The molecule has 1 fully saturated rings. The summed E-state index contributed by atoms with van der Waals surface area (Å²) in [5, 5.41) is 9.01. The zero-order chi connectivity index (χ0) is 13.9. The Balaban J connectivity index is 1.85. The molecule has 0 radical (unpaired) electrons. The standard InChI is InChI=1S/C15H19N3OS/c1-2-18-14-6-4-3-5-11(14)12(17-18)9-15(19)13-10-20-8-7-16-13/h3-6,13,16H,2,7-10H2,1H3. The molecule has 1 saturated heterocycles. The van der Waals surface area contributed by atoms with Crippen LogP contribution in [0.5, 0.6) is 0 Å². The Labute approximate surface area is 122 Å². The molecule has 20 heavy (non-hydrogen) atoms. The third-order valence-electron chi connectivity index (χ3n) is 3.69. The van der Waals surface area contributed by atoms with Gasteiger partial charge in [0.2, 0.25) is 0 Å². The summed E-state index contributed by atoms with van der Waals surface area (Å²) in [7, 11) is 0. The van der Waals surface area contributed by atoms with Crippen molar-refractivity contribution in [1.29, 1.82) is 0 Å². The minimum Gasteiger partial charge on any atom is -0.306 e. The maximum atomic E-state index is 12.4. The van der Waals surface area contributed by atoms with Crippen molar-refractivity contribution in [3.8, 4) is 0 Å². The Hall–Kier alpha value is -1.33. The first-order valence-electron chi connectivity index (χ1n) is 7.08. The van der Waals surface area contributed by atoms with Crippen molar-refractivity contribution in [3.63, 3.8) is 0 Å². The normalized spacial score (nSPS) is 19.4. The monoisotopic (exact) mass is 289 g/mol. The summed E-state index contributed by atoms with van der Waals surface area (Å²) in [5.41, 5.74) is 2.02. The third-order valence-corrected chi connectivity index (χ3v) is 4.75. The molecular weight excluding hydrogens is 270 g/mol. The molecule has 1 atom stereocenters. The smallest absolute Gasteiger partial charge is 0.156 e. The van der Waals surface area contributed by atoms with E-state index in [0.717, 1.165) is 41.2 Å². The van der Waals surface area contributed by atoms with Crippen LogP contribution in [0.1, 0.15) is 12.6 Å². The average Bonchev–Trinajstić information content (AvgIpc) is 2.86. The van der Waals surface area contributed by atoms with E-state index in [1.54, 1.807) is 0 Å². The second-order valence-corrected chi connectivity index (χ2v) is 6.15. The largest absolute Gasteiger partial charge is 0.306 e. The number of carbonyl (C=O) groups is 1. The molecule has 0 amide bonds. The summed E-state index contributed by atoms with van der Waals surface area (Å²) < 4.78 is 1.97. The molecule has 0 bridgehead atoms. The fourth-order valence-electron chi connectivity index (χ4n) is 2.63. The average molecular weight is 289 g/mol. The molecule has 1 aromatic heterocycles. The number of fused-ring (bicyclic) bond motifs is 1. The van der Waals surface area contributed by atoms with Crippen LogP contribution < -0.4 is 5.32 Å². The molecule has 0 spiro atoms. The number of benzene rings is 1. The van der Waals surface area contributed by atoms with Gasteiger partial charge in [-0.3, -0.25) is 9.48 Å². The number of carbonyl (C=O) groups excluding carboxylic acids is 1. The zero-order valence-corrected chi connectivity index (χ0v) is 12.4. The number of rotatable bonds is 4. The van der Waals surface area contributed by atoms with Gasteiger partial charge in [0, 0.05) is 30.0 Å². The highest BCUT2D eigenvalue weighted by Crippen LogP contribution is 2.20. The Kier molecular flexibility index (Phi) is 4.08. The van der Waals surface area contributed by atoms with Crippen LogP contribution >= 0.6 is 11.8 Å². The third kappa shape index (κ3) is 2.60.